The van der Waals surface area contributed by atoms with Gasteiger partial charge in [-0.3, -0.25) is 9.59 Å². The molecule has 0 unspecified atom stereocenters. The number of likely N-dealkylation sites (N-methyl/N-ethyl adjacent to an activating group) is 1. The Kier molecular flexibility index (Phi) is 6.57. The predicted octanol–water partition coefficient (Wildman–Crippen LogP) is 0.310. The van der Waals surface area contributed by atoms with Crippen molar-refractivity contribution in [2.24, 2.45) is 5.73 Å². The van der Waals surface area contributed by atoms with Crippen LogP contribution in [0.1, 0.15) is 22.3 Å². The Labute approximate surface area is 142 Å². The Morgan fingerprint density at radius 2 is 2.29 bits per heavy atom. The maximum atomic E-state index is 12.4. The van der Waals surface area contributed by atoms with Crippen molar-refractivity contribution >= 4 is 11.8 Å². The van der Waals surface area contributed by atoms with Crippen molar-refractivity contribution in [1.29, 1.82) is 0 Å². The second kappa shape index (κ2) is 8.65. The van der Waals surface area contributed by atoms with E-state index in [0.29, 0.717) is 37.6 Å². The maximum absolute atomic E-state index is 12.4. The number of morpholine rings is 1. The number of nitrogens with one attached hydrogen (secondary N) is 1. The SMILES string of the molecule is Cc1ccc(C(=O)NC[C@@H]2CN(C)C(=O)CO2)c(OCCCN)c1. The Morgan fingerprint density at radius 3 is 3.00 bits per heavy atom. The highest BCUT2D eigenvalue weighted by molar-refractivity contribution is 5.97. The van der Waals surface area contributed by atoms with Crippen LogP contribution < -0.4 is 15.8 Å². The van der Waals surface area contributed by atoms with E-state index in [-0.39, 0.29) is 24.5 Å². The van der Waals surface area contributed by atoms with Crippen molar-refractivity contribution in [1.82, 2.24) is 10.2 Å². The van der Waals surface area contributed by atoms with Gasteiger partial charge < -0.3 is 25.4 Å². The standard InChI is InChI=1S/C17H25N3O4/c1-12-4-5-14(15(8-12)23-7-3-6-18)17(22)19-9-13-10-20(2)16(21)11-24-13/h4-5,8,13H,3,6-7,9-11,18H2,1-2H3,(H,19,22)/t13-/m1/s1. The molecular formula is C17H25N3O4. The molecule has 1 heterocycles. The first-order valence-corrected chi connectivity index (χ1v) is 8.08. The summed E-state index contributed by atoms with van der Waals surface area (Å²) in [5.41, 5.74) is 6.97. The summed E-state index contributed by atoms with van der Waals surface area (Å²) in [6, 6.07) is 5.46. The first-order chi connectivity index (χ1) is 11.5. The summed E-state index contributed by atoms with van der Waals surface area (Å²) in [4.78, 5) is 25.4. The molecule has 1 fully saturated rings. The van der Waals surface area contributed by atoms with Gasteiger partial charge in [-0.15, -0.1) is 0 Å². The highest BCUT2D eigenvalue weighted by Gasteiger charge is 2.24. The molecule has 0 spiro atoms. The van der Waals surface area contributed by atoms with Crippen LogP contribution in [0.4, 0.5) is 0 Å². The summed E-state index contributed by atoms with van der Waals surface area (Å²) in [5, 5.41) is 2.85. The van der Waals surface area contributed by atoms with Gasteiger partial charge in [-0.1, -0.05) is 6.07 Å². The highest BCUT2D eigenvalue weighted by atomic mass is 16.5. The molecule has 7 nitrogen and oxygen atoms in total. The molecule has 1 aromatic rings. The number of benzene rings is 1. The van der Waals surface area contributed by atoms with Crippen LogP contribution in [0.3, 0.4) is 0 Å². The Bertz CT molecular complexity index is 591. The summed E-state index contributed by atoms with van der Waals surface area (Å²) < 4.78 is 11.1. The minimum atomic E-state index is -0.221. The molecule has 7 heteroatoms. The molecule has 0 bridgehead atoms. The third-order valence-electron chi connectivity index (χ3n) is 3.82. The topological polar surface area (TPSA) is 93.9 Å². The van der Waals surface area contributed by atoms with E-state index in [1.165, 1.54) is 0 Å². The number of carbonyl (C=O) groups excluding carboxylic acids is 2. The zero-order valence-corrected chi connectivity index (χ0v) is 14.2. The molecule has 2 rings (SSSR count). The Hall–Kier alpha value is -2.12. The van der Waals surface area contributed by atoms with Crippen molar-refractivity contribution < 1.29 is 19.1 Å². The fourth-order valence-electron chi connectivity index (χ4n) is 2.39. The molecule has 0 saturated carbocycles. The van der Waals surface area contributed by atoms with Gasteiger partial charge in [0.1, 0.15) is 12.4 Å². The van der Waals surface area contributed by atoms with E-state index in [0.717, 1.165) is 12.0 Å². The summed E-state index contributed by atoms with van der Waals surface area (Å²) in [5.74, 6) is 0.283. The number of hydrogen-bond donors (Lipinski definition) is 2. The second-order valence-corrected chi connectivity index (χ2v) is 5.91. The van der Waals surface area contributed by atoms with E-state index in [2.05, 4.69) is 5.32 Å². The van der Waals surface area contributed by atoms with Crippen LogP contribution in [0.5, 0.6) is 5.75 Å². The number of aryl methyl sites for hydroxylation is 1. The van der Waals surface area contributed by atoms with E-state index in [1.54, 1.807) is 18.0 Å². The minimum Gasteiger partial charge on any atom is -0.493 e. The summed E-state index contributed by atoms with van der Waals surface area (Å²) in [7, 11) is 1.73. The highest BCUT2D eigenvalue weighted by Crippen LogP contribution is 2.20. The number of hydrogen-bond acceptors (Lipinski definition) is 5. The van der Waals surface area contributed by atoms with Gasteiger partial charge in [0, 0.05) is 20.1 Å². The van der Waals surface area contributed by atoms with Crippen molar-refractivity contribution in [2.75, 3.05) is 39.9 Å². The molecule has 0 radical (unpaired) electrons. The van der Waals surface area contributed by atoms with Crippen LogP contribution in [-0.4, -0.2) is 62.7 Å². The molecule has 1 saturated heterocycles. The van der Waals surface area contributed by atoms with Gasteiger partial charge in [-0.2, -0.15) is 0 Å². The quantitative estimate of drug-likeness (QED) is 0.700. The Morgan fingerprint density at radius 1 is 1.50 bits per heavy atom. The van der Waals surface area contributed by atoms with Crippen LogP contribution >= 0.6 is 0 Å². The lowest BCUT2D eigenvalue weighted by Gasteiger charge is -2.30. The first kappa shape index (κ1) is 18.2. The number of nitrogens with zero attached hydrogens (tertiary/aromatic N) is 1. The lowest BCUT2D eigenvalue weighted by molar-refractivity contribution is -0.146. The average molecular weight is 335 g/mol. The van der Waals surface area contributed by atoms with Gasteiger partial charge in [-0.25, -0.2) is 0 Å². The zero-order valence-electron chi connectivity index (χ0n) is 14.2. The zero-order chi connectivity index (χ0) is 17.5. The normalized spacial score (nSPS) is 17.7. The number of amides is 2. The van der Waals surface area contributed by atoms with E-state index >= 15 is 0 Å². The fraction of sp³-hybridized carbons (Fsp3) is 0.529. The van der Waals surface area contributed by atoms with Crippen LogP contribution in [0.15, 0.2) is 18.2 Å². The van der Waals surface area contributed by atoms with Gasteiger partial charge in [-0.05, 0) is 37.6 Å². The largest absolute Gasteiger partial charge is 0.493 e. The molecule has 3 N–H and O–H groups in total. The predicted molar refractivity (Wildman–Crippen MR) is 90.1 cm³/mol. The molecule has 0 aromatic heterocycles. The van der Waals surface area contributed by atoms with Crippen LogP contribution in [0, 0.1) is 6.92 Å². The molecule has 1 aliphatic rings. The summed E-state index contributed by atoms with van der Waals surface area (Å²) in [6.07, 6.45) is 0.523. The second-order valence-electron chi connectivity index (χ2n) is 5.91. The third kappa shape index (κ3) is 4.94. The van der Waals surface area contributed by atoms with Gasteiger partial charge in [0.2, 0.25) is 5.91 Å². The molecule has 2 amide bonds. The van der Waals surface area contributed by atoms with Gasteiger partial charge in [0.05, 0.1) is 18.3 Å². The van der Waals surface area contributed by atoms with Crippen molar-refractivity contribution in [3.8, 4) is 5.75 Å². The molecule has 24 heavy (non-hydrogen) atoms. The van der Waals surface area contributed by atoms with Crippen molar-refractivity contribution in [2.45, 2.75) is 19.4 Å². The van der Waals surface area contributed by atoms with Crippen LogP contribution in [-0.2, 0) is 9.53 Å². The minimum absolute atomic E-state index is 0.0494. The van der Waals surface area contributed by atoms with Crippen molar-refractivity contribution in [3.63, 3.8) is 0 Å². The lowest BCUT2D eigenvalue weighted by atomic mass is 10.1. The summed E-state index contributed by atoms with van der Waals surface area (Å²) >= 11 is 0. The van der Waals surface area contributed by atoms with Crippen LogP contribution in [0.2, 0.25) is 0 Å². The van der Waals surface area contributed by atoms with E-state index in [1.807, 2.05) is 19.1 Å². The lowest BCUT2D eigenvalue weighted by Crippen LogP contribution is -2.48. The monoisotopic (exact) mass is 335 g/mol. The average Bonchev–Trinajstić information content (AvgIpc) is 2.56. The first-order valence-electron chi connectivity index (χ1n) is 8.08. The number of carbonyl (C=O) groups is 2. The maximum Gasteiger partial charge on any atom is 0.255 e. The Balaban J connectivity index is 1.95. The number of ether oxygens (including phenoxy) is 2. The van der Waals surface area contributed by atoms with E-state index in [9.17, 15) is 9.59 Å². The van der Waals surface area contributed by atoms with Gasteiger partial charge >= 0.3 is 0 Å². The summed E-state index contributed by atoms with van der Waals surface area (Å²) in [6.45, 7) is 3.81. The molecule has 1 aromatic carbocycles. The van der Waals surface area contributed by atoms with Gasteiger partial charge in [0.15, 0.2) is 0 Å². The number of rotatable bonds is 7. The molecule has 1 atom stereocenters. The van der Waals surface area contributed by atoms with E-state index in [4.69, 9.17) is 15.2 Å². The van der Waals surface area contributed by atoms with E-state index < -0.39 is 0 Å². The van der Waals surface area contributed by atoms with Gasteiger partial charge in [0.25, 0.3) is 5.91 Å². The van der Waals surface area contributed by atoms with Crippen molar-refractivity contribution in [3.05, 3.63) is 29.3 Å². The molecule has 1 aliphatic heterocycles. The third-order valence-corrected chi connectivity index (χ3v) is 3.82. The number of nitrogens with two attached hydrogens (primary N) is 1. The smallest absolute Gasteiger partial charge is 0.255 e. The van der Waals surface area contributed by atoms with Crippen LogP contribution in [0.25, 0.3) is 0 Å². The molecule has 132 valence electrons. The fourth-order valence-corrected chi connectivity index (χ4v) is 2.39. The molecular weight excluding hydrogens is 310 g/mol. The molecule has 0 aliphatic carbocycles.